The highest BCUT2D eigenvalue weighted by Crippen LogP contribution is 2.19. The number of imidazole rings is 1. The minimum Gasteiger partial charge on any atom is -0.477 e. The molecule has 7 heteroatoms. The van der Waals surface area contributed by atoms with Crippen molar-refractivity contribution < 1.29 is 14.6 Å². The van der Waals surface area contributed by atoms with Crippen molar-refractivity contribution in [2.45, 2.75) is 6.54 Å². The average Bonchev–Trinajstić information content (AvgIpc) is 2.84. The molecule has 0 saturated heterocycles. The quantitative estimate of drug-likeness (QED) is 0.911. The fourth-order valence-corrected chi connectivity index (χ4v) is 1.69. The third-order valence-electron chi connectivity index (χ3n) is 2.20. The smallest absolute Gasteiger partial charge is 0.341 e. The molecule has 0 aliphatic heterocycles. The van der Waals surface area contributed by atoms with Crippen LogP contribution in [-0.2, 0) is 6.54 Å². The van der Waals surface area contributed by atoms with Crippen LogP contribution in [0.5, 0.6) is 5.88 Å². The van der Waals surface area contributed by atoms with Crippen LogP contribution in [0.15, 0.2) is 35.5 Å². The first-order valence-corrected chi connectivity index (χ1v) is 5.93. The second kappa shape index (κ2) is 5.63. The summed E-state index contributed by atoms with van der Waals surface area (Å²) in [5.74, 6) is -0.952. The van der Waals surface area contributed by atoms with Crippen LogP contribution in [0.4, 0.5) is 0 Å². The molecule has 0 spiro atoms. The molecule has 0 aromatic carbocycles. The Morgan fingerprint density at radius 2 is 2.39 bits per heavy atom. The summed E-state index contributed by atoms with van der Waals surface area (Å²) < 4.78 is 7.80. The topological polar surface area (TPSA) is 77.2 Å². The molecule has 1 N–H and O–H groups in total. The summed E-state index contributed by atoms with van der Waals surface area (Å²) in [4.78, 5) is 18.8. The largest absolute Gasteiger partial charge is 0.477 e. The minimum absolute atomic E-state index is 0.0370. The molecule has 0 bridgehead atoms. The molecule has 18 heavy (non-hydrogen) atoms. The number of halogens is 1. The van der Waals surface area contributed by atoms with E-state index in [1.807, 2.05) is 4.57 Å². The van der Waals surface area contributed by atoms with Gasteiger partial charge in [-0.05, 0) is 22.0 Å². The molecule has 0 aliphatic carbocycles. The van der Waals surface area contributed by atoms with E-state index in [0.29, 0.717) is 17.6 Å². The summed E-state index contributed by atoms with van der Waals surface area (Å²) in [6, 6.07) is 1.46. The van der Waals surface area contributed by atoms with Gasteiger partial charge in [-0.3, -0.25) is 0 Å². The molecule has 6 nitrogen and oxygen atoms in total. The van der Waals surface area contributed by atoms with E-state index in [1.54, 1.807) is 18.7 Å². The number of hydrogen-bond acceptors (Lipinski definition) is 4. The Bertz CT molecular complexity index is 542. The summed E-state index contributed by atoms with van der Waals surface area (Å²) in [7, 11) is 0. The summed E-state index contributed by atoms with van der Waals surface area (Å²) in [5.41, 5.74) is 0.0370. The summed E-state index contributed by atoms with van der Waals surface area (Å²) >= 11 is 3.17. The molecule has 0 unspecified atom stereocenters. The first-order valence-electron chi connectivity index (χ1n) is 5.14. The molecule has 2 aromatic rings. The summed E-state index contributed by atoms with van der Waals surface area (Å²) in [6.07, 6.45) is 6.63. The van der Waals surface area contributed by atoms with Gasteiger partial charge in [0.2, 0.25) is 5.88 Å². The van der Waals surface area contributed by atoms with Gasteiger partial charge in [-0.15, -0.1) is 0 Å². The summed E-state index contributed by atoms with van der Waals surface area (Å²) in [6.45, 7) is 0.905. The number of ether oxygens (including phenoxy) is 1. The van der Waals surface area contributed by atoms with Crippen LogP contribution in [0.3, 0.4) is 0 Å². The number of carbonyl (C=O) groups is 1. The van der Waals surface area contributed by atoms with E-state index in [-0.39, 0.29) is 11.4 Å². The van der Waals surface area contributed by atoms with E-state index in [4.69, 9.17) is 9.84 Å². The van der Waals surface area contributed by atoms with Crippen molar-refractivity contribution in [1.82, 2.24) is 14.5 Å². The fourth-order valence-electron chi connectivity index (χ4n) is 1.36. The van der Waals surface area contributed by atoms with Gasteiger partial charge in [-0.2, -0.15) is 0 Å². The number of carboxylic acids is 1. The third kappa shape index (κ3) is 3.07. The predicted octanol–water partition coefficient (Wildman–Crippen LogP) is 1.82. The standard InChI is InChI=1S/C11H10BrN3O3/c12-8-5-9(11(16)17)10(14-6-8)18-4-3-15-2-1-13-7-15/h1-2,5-7H,3-4H2,(H,16,17). The maximum atomic E-state index is 11.0. The van der Waals surface area contributed by atoms with Gasteiger partial charge in [0.05, 0.1) is 12.9 Å². The van der Waals surface area contributed by atoms with Gasteiger partial charge in [0.25, 0.3) is 0 Å². The third-order valence-corrected chi connectivity index (χ3v) is 2.63. The van der Waals surface area contributed by atoms with E-state index in [9.17, 15) is 4.79 Å². The van der Waals surface area contributed by atoms with Crippen LogP contribution in [0.1, 0.15) is 10.4 Å². The van der Waals surface area contributed by atoms with Gasteiger partial charge in [-0.25, -0.2) is 14.8 Å². The molecule has 2 aromatic heterocycles. The normalized spacial score (nSPS) is 10.3. The van der Waals surface area contributed by atoms with E-state index in [1.165, 1.54) is 12.3 Å². The lowest BCUT2D eigenvalue weighted by atomic mass is 10.3. The molecule has 0 radical (unpaired) electrons. The van der Waals surface area contributed by atoms with Gasteiger partial charge >= 0.3 is 5.97 Å². The Hall–Kier alpha value is -1.89. The van der Waals surface area contributed by atoms with E-state index >= 15 is 0 Å². The zero-order chi connectivity index (χ0) is 13.0. The number of carboxylic acid groups (broad SMARTS) is 1. The first kappa shape index (κ1) is 12.6. The second-order valence-corrected chi connectivity index (χ2v) is 4.38. The van der Waals surface area contributed by atoms with Crippen molar-refractivity contribution in [3.63, 3.8) is 0 Å². The number of nitrogens with zero attached hydrogens (tertiary/aromatic N) is 3. The number of hydrogen-bond donors (Lipinski definition) is 1. The predicted molar refractivity (Wildman–Crippen MR) is 66.6 cm³/mol. The van der Waals surface area contributed by atoms with Crippen molar-refractivity contribution in [3.05, 3.63) is 41.0 Å². The van der Waals surface area contributed by atoms with Crippen LogP contribution in [-0.4, -0.2) is 32.2 Å². The van der Waals surface area contributed by atoms with Crippen molar-refractivity contribution in [2.24, 2.45) is 0 Å². The molecule has 0 atom stereocenters. The highest BCUT2D eigenvalue weighted by atomic mass is 79.9. The van der Waals surface area contributed by atoms with Crippen LogP contribution in [0.2, 0.25) is 0 Å². The first-order chi connectivity index (χ1) is 8.66. The number of aromatic nitrogens is 3. The Kier molecular flexibility index (Phi) is 3.93. The average molecular weight is 312 g/mol. The minimum atomic E-state index is -1.07. The van der Waals surface area contributed by atoms with Crippen LogP contribution in [0, 0.1) is 0 Å². The van der Waals surface area contributed by atoms with Crippen molar-refractivity contribution in [1.29, 1.82) is 0 Å². The maximum absolute atomic E-state index is 11.0. The van der Waals surface area contributed by atoms with E-state index in [2.05, 4.69) is 25.9 Å². The zero-order valence-electron chi connectivity index (χ0n) is 9.28. The molecule has 0 saturated carbocycles. The lowest BCUT2D eigenvalue weighted by Crippen LogP contribution is -2.10. The van der Waals surface area contributed by atoms with E-state index < -0.39 is 5.97 Å². The monoisotopic (exact) mass is 311 g/mol. The van der Waals surface area contributed by atoms with Gasteiger partial charge in [-0.1, -0.05) is 0 Å². The number of rotatable bonds is 5. The van der Waals surface area contributed by atoms with Gasteiger partial charge in [0, 0.05) is 23.1 Å². The lowest BCUT2D eigenvalue weighted by molar-refractivity contribution is 0.0691. The summed E-state index contributed by atoms with van der Waals surface area (Å²) in [5, 5.41) is 9.02. The van der Waals surface area contributed by atoms with Crippen molar-refractivity contribution >= 4 is 21.9 Å². The molecule has 94 valence electrons. The molecule has 0 aliphatic rings. The van der Waals surface area contributed by atoms with Crippen LogP contribution >= 0.6 is 15.9 Å². The molecule has 2 rings (SSSR count). The second-order valence-electron chi connectivity index (χ2n) is 3.46. The van der Waals surface area contributed by atoms with E-state index in [0.717, 1.165) is 0 Å². The molecule has 0 fully saturated rings. The van der Waals surface area contributed by atoms with Gasteiger partial charge in [0.15, 0.2) is 0 Å². The fraction of sp³-hybridized carbons (Fsp3) is 0.182. The SMILES string of the molecule is O=C(O)c1cc(Br)cnc1OCCn1ccnc1. The van der Waals surface area contributed by atoms with Crippen LogP contribution < -0.4 is 4.74 Å². The van der Waals surface area contributed by atoms with Gasteiger partial charge < -0.3 is 14.4 Å². The molecule has 0 amide bonds. The number of pyridine rings is 1. The Balaban J connectivity index is 2.02. The Labute approximate surface area is 111 Å². The molecular formula is C11H10BrN3O3. The van der Waals surface area contributed by atoms with Crippen molar-refractivity contribution in [3.8, 4) is 5.88 Å². The zero-order valence-corrected chi connectivity index (χ0v) is 10.9. The lowest BCUT2D eigenvalue weighted by Gasteiger charge is -2.08. The molecule has 2 heterocycles. The highest BCUT2D eigenvalue weighted by molar-refractivity contribution is 9.10. The van der Waals surface area contributed by atoms with Crippen LogP contribution in [0.25, 0.3) is 0 Å². The highest BCUT2D eigenvalue weighted by Gasteiger charge is 2.13. The Morgan fingerprint density at radius 1 is 1.56 bits per heavy atom. The Morgan fingerprint density at radius 3 is 3.06 bits per heavy atom. The number of aromatic carboxylic acids is 1. The maximum Gasteiger partial charge on any atom is 0.341 e. The molecular weight excluding hydrogens is 302 g/mol. The van der Waals surface area contributed by atoms with Crippen molar-refractivity contribution in [2.75, 3.05) is 6.61 Å². The van der Waals surface area contributed by atoms with Gasteiger partial charge in [0.1, 0.15) is 12.2 Å².